The molecule has 2 rings (SSSR count). The first-order valence-corrected chi connectivity index (χ1v) is 12.1. The Balaban J connectivity index is 1.92. The minimum Gasteiger partial charge on any atom is -0.358 e. The summed E-state index contributed by atoms with van der Waals surface area (Å²) in [5, 5.41) is 4.41. The van der Waals surface area contributed by atoms with Crippen molar-refractivity contribution in [1.82, 2.24) is 10.3 Å². The van der Waals surface area contributed by atoms with Crippen LogP contribution < -0.4 is 5.43 Å². The molecule has 0 aliphatic heterocycles. The van der Waals surface area contributed by atoms with Crippen LogP contribution in [0.2, 0.25) is 0 Å². The number of hydrazone groups is 1. The number of hydrogen-bond acceptors (Lipinski definition) is 5. The van der Waals surface area contributed by atoms with E-state index in [1.54, 1.807) is 23.5 Å². The van der Waals surface area contributed by atoms with E-state index in [1.807, 2.05) is 48.5 Å². The molecule has 0 saturated carbocycles. The molecule has 2 aromatic rings. The van der Waals surface area contributed by atoms with Gasteiger partial charge in [-0.1, -0.05) is 84.6 Å². The topological polar surface area (TPSA) is 44.7 Å². The van der Waals surface area contributed by atoms with E-state index in [4.69, 9.17) is 12.2 Å². The molecule has 0 unspecified atom stereocenters. The first-order chi connectivity index (χ1) is 14.1. The SMILES string of the molecule is CCN(CC)C(=S)SC/C(=N\NC(=O)CSCc1ccccc1)c1ccccc1. The Kier molecular flexibility index (Phi) is 10.8. The van der Waals surface area contributed by atoms with Gasteiger partial charge in [0.1, 0.15) is 4.32 Å². The molecular formula is C22H27N3OS3. The van der Waals surface area contributed by atoms with Gasteiger partial charge in [0, 0.05) is 24.6 Å². The zero-order chi connectivity index (χ0) is 20.9. The fourth-order valence-corrected chi connectivity index (χ4v) is 4.66. The third-order valence-corrected chi connectivity index (χ3v) is 6.66. The van der Waals surface area contributed by atoms with Crippen molar-refractivity contribution in [2.75, 3.05) is 24.6 Å². The van der Waals surface area contributed by atoms with Gasteiger partial charge in [0.15, 0.2) is 0 Å². The molecule has 0 heterocycles. The molecule has 0 radical (unpaired) electrons. The van der Waals surface area contributed by atoms with E-state index in [0.29, 0.717) is 11.5 Å². The predicted octanol–water partition coefficient (Wildman–Crippen LogP) is 4.80. The van der Waals surface area contributed by atoms with Crippen LogP contribution >= 0.6 is 35.7 Å². The Bertz CT molecular complexity index is 793. The Morgan fingerprint density at radius 3 is 2.24 bits per heavy atom. The van der Waals surface area contributed by atoms with E-state index in [9.17, 15) is 4.79 Å². The van der Waals surface area contributed by atoms with Crippen LogP contribution in [0.15, 0.2) is 65.8 Å². The average Bonchev–Trinajstić information content (AvgIpc) is 2.76. The van der Waals surface area contributed by atoms with Crippen molar-refractivity contribution in [2.45, 2.75) is 19.6 Å². The van der Waals surface area contributed by atoms with Crippen LogP contribution in [0.25, 0.3) is 0 Å². The Morgan fingerprint density at radius 1 is 1.00 bits per heavy atom. The normalized spacial score (nSPS) is 11.2. The number of hydrogen-bond donors (Lipinski definition) is 1. The van der Waals surface area contributed by atoms with Crippen LogP contribution in [0.1, 0.15) is 25.0 Å². The number of carbonyl (C=O) groups excluding carboxylic acids is 1. The first-order valence-electron chi connectivity index (χ1n) is 9.58. The quantitative estimate of drug-likeness (QED) is 0.323. The van der Waals surface area contributed by atoms with Crippen LogP contribution in [0, 0.1) is 0 Å². The highest BCUT2D eigenvalue weighted by atomic mass is 32.2. The van der Waals surface area contributed by atoms with E-state index in [0.717, 1.165) is 34.4 Å². The van der Waals surface area contributed by atoms with Crippen molar-refractivity contribution in [1.29, 1.82) is 0 Å². The summed E-state index contributed by atoms with van der Waals surface area (Å²) < 4.78 is 0.850. The summed E-state index contributed by atoms with van der Waals surface area (Å²) in [4.78, 5) is 14.4. The lowest BCUT2D eigenvalue weighted by atomic mass is 10.1. The molecule has 0 aliphatic rings. The number of thioether (sulfide) groups is 2. The number of thiocarbonyl (C=S) groups is 1. The van der Waals surface area contributed by atoms with Gasteiger partial charge in [-0.05, 0) is 25.0 Å². The van der Waals surface area contributed by atoms with Crippen molar-refractivity contribution in [3.05, 3.63) is 71.8 Å². The van der Waals surface area contributed by atoms with Gasteiger partial charge in [0.2, 0.25) is 5.91 Å². The van der Waals surface area contributed by atoms with Gasteiger partial charge in [-0.15, -0.1) is 11.8 Å². The van der Waals surface area contributed by atoms with Crippen molar-refractivity contribution in [2.24, 2.45) is 5.10 Å². The minimum atomic E-state index is -0.101. The van der Waals surface area contributed by atoms with Gasteiger partial charge >= 0.3 is 0 Å². The number of nitrogens with zero attached hydrogens (tertiary/aromatic N) is 2. The van der Waals surface area contributed by atoms with E-state index < -0.39 is 0 Å². The van der Waals surface area contributed by atoms with Crippen molar-refractivity contribution in [3.63, 3.8) is 0 Å². The van der Waals surface area contributed by atoms with Crippen LogP contribution in [-0.2, 0) is 10.5 Å². The molecule has 4 nitrogen and oxygen atoms in total. The molecule has 29 heavy (non-hydrogen) atoms. The lowest BCUT2D eigenvalue weighted by Crippen LogP contribution is -2.28. The molecule has 1 amide bonds. The Hall–Kier alpha value is -1.83. The fraction of sp³-hybridized carbons (Fsp3) is 0.318. The lowest BCUT2D eigenvalue weighted by molar-refractivity contribution is -0.118. The number of nitrogens with one attached hydrogen (secondary N) is 1. The Morgan fingerprint density at radius 2 is 1.62 bits per heavy atom. The van der Waals surface area contributed by atoms with Gasteiger partial charge in [0.25, 0.3) is 0 Å². The van der Waals surface area contributed by atoms with Gasteiger partial charge in [-0.25, -0.2) is 5.43 Å². The van der Waals surface area contributed by atoms with Gasteiger partial charge in [-0.2, -0.15) is 5.10 Å². The van der Waals surface area contributed by atoms with Gasteiger partial charge < -0.3 is 4.90 Å². The number of benzene rings is 2. The molecule has 0 atom stereocenters. The number of rotatable bonds is 10. The second kappa shape index (κ2) is 13.4. The van der Waals surface area contributed by atoms with Crippen molar-refractivity contribution < 1.29 is 4.79 Å². The summed E-state index contributed by atoms with van der Waals surface area (Å²) in [5.74, 6) is 1.68. The summed E-state index contributed by atoms with van der Waals surface area (Å²) in [6.07, 6.45) is 0. The summed E-state index contributed by atoms with van der Waals surface area (Å²) in [6, 6.07) is 20.0. The Labute approximate surface area is 187 Å². The third kappa shape index (κ3) is 8.60. The second-order valence-electron chi connectivity index (χ2n) is 6.16. The highest BCUT2D eigenvalue weighted by Crippen LogP contribution is 2.14. The molecule has 0 aliphatic carbocycles. The zero-order valence-corrected chi connectivity index (χ0v) is 19.3. The number of amides is 1. The molecule has 0 saturated heterocycles. The zero-order valence-electron chi connectivity index (χ0n) is 16.8. The molecule has 7 heteroatoms. The molecule has 0 fully saturated rings. The summed E-state index contributed by atoms with van der Waals surface area (Å²) in [6.45, 7) is 5.96. The average molecular weight is 446 g/mol. The van der Waals surface area contributed by atoms with Crippen LogP contribution in [-0.4, -0.2) is 45.4 Å². The largest absolute Gasteiger partial charge is 0.358 e. The summed E-state index contributed by atoms with van der Waals surface area (Å²) in [5.41, 5.74) is 5.71. The highest BCUT2D eigenvalue weighted by Gasteiger charge is 2.11. The molecular weight excluding hydrogens is 418 g/mol. The maximum Gasteiger partial charge on any atom is 0.250 e. The monoisotopic (exact) mass is 445 g/mol. The van der Waals surface area contributed by atoms with E-state index in [1.165, 1.54) is 5.56 Å². The van der Waals surface area contributed by atoms with E-state index >= 15 is 0 Å². The smallest absolute Gasteiger partial charge is 0.250 e. The van der Waals surface area contributed by atoms with Crippen molar-refractivity contribution >= 4 is 51.7 Å². The van der Waals surface area contributed by atoms with Crippen molar-refractivity contribution in [3.8, 4) is 0 Å². The second-order valence-corrected chi connectivity index (χ2v) is 8.76. The maximum atomic E-state index is 12.2. The third-order valence-electron chi connectivity index (χ3n) is 4.12. The molecule has 2 aromatic carbocycles. The lowest BCUT2D eigenvalue weighted by Gasteiger charge is -2.21. The molecule has 1 N–H and O–H groups in total. The predicted molar refractivity (Wildman–Crippen MR) is 132 cm³/mol. The summed E-state index contributed by atoms with van der Waals surface area (Å²) in [7, 11) is 0. The van der Waals surface area contributed by atoms with Gasteiger partial charge in [0.05, 0.1) is 11.5 Å². The molecule has 154 valence electrons. The molecule has 0 spiro atoms. The van der Waals surface area contributed by atoms with Crippen LogP contribution in [0.3, 0.4) is 0 Å². The van der Waals surface area contributed by atoms with Gasteiger partial charge in [-0.3, -0.25) is 4.79 Å². The van der Waals surface area contributed by atoms with E-state index in [-0.39, 0.29) is 5.91 Å². The molecule has 0 aromatic heterocycles. The van der Waals surface area contributed by atoms with Crippen LogP contribution in [0.5, 0.6) is 0 Å². The molecule has 0 bridgehead atoms. The first kappa shape index (κ1) is 23.4. The highest BCUT2D eigenvalue weighted by molar-refractivity contribution is 8.23. The van der Waals surface area contributed by atoms with Crippen LogP contribution in [0.4, 0.5) is 0 Å². The fourth-order valence-electron chi connectivity index (χ4n) is 2.51. The number of carbonyl (C=O) groups is 1. The minimum absolute atomic E-state index is 0.101. The van der Waals surface area contributed by atoms with E-state index in [2.05, 4.69) is 41.4 Å². The standard InChI is InChI=1S/C22H27N3OS3/c1-3-25(4-2)22(27)29-16-20(19-13-9-6-10-14-19)23-24-21(26)17-28-15-18-11-7-5-8-12-18/h5-14H,3-4,15-17H2,1-2H3,(H,24,26)/b23-20+. The maximum absolute atomic E-state index is 12.2. The summed E-state index contributed by atoms with van der Waals surface area (Å²) >= 11 is 8.67.